The van der Waals surface area contributed by atoms with Crippen LogP contribution in [0.2, 0.25) is 0 Å². The molecule has 1 atom stereocenters. The fourth-order valence-corrected chi connectivity index (χ4v) is 3.01. The van der Waals surface area contributed by atoms with E-state index in [4.69, 9.17) is 4.98 Å². The molecule has 5 nitrogen and oxygen atoms in total. The second kappa shape index (κ2) is 5.48. The van der Waals surface area contributed by atoms with Gasteiger partial charge in [-0.1, -0.05) is 6.07 Å². The van der Waals surface area contributed by atoms with E-state index in [1.807, 2.05) is 38.4 Å². The van der Waals surface area contributed by atoms with Crippen LogP contribution < -0.4 is 0 Å². The molecule has 5 heteroatoms. The summed E-state index contributed by atoms with van der Waals surface area (Å²) >= 11 is 0. The highest BCUT2D eigenvalue weighted by molar-refractivity contribution is 5.99. The first kappa shape index (κ1) is 14.1. The first-order valence-electron chi connectivity index (χ1n) is 7.56. The lowest BCUT2D eigenvalue weighted by molar-refractivity contribution is 0.0799. The van der Waals surface area contributed by atoms with Crippen LogP contribution in [0.4, 0.5) is 0 Å². The van der Waals surface area contributed by atoms with Gasteiger partial charge in [-0.2, -0.15) is 0 Å². The zero-order valence-electron chi connectivity index (χ0n) is 12.9. The molecule has 3 rings (SSSR count). The molecule has 0 aliphatic carbocycles. The van der Waals surface area contributed by atoms with Gasteiger partial charge in [0.05, 0.1) is 11.6 Å². The van der Waals surface area contributed by atoms with Crippen LogP contribution in [0, 0.1) is 0 Å². The van der Waals surface area contributed by atoms with Crippen molar-refractivity contribution in [1.29, 1.82) is 0 Å². The van der Waals surface area contributed by atoms with Gasteiger partial charge in [-0.3, -0.25) is 9.69 Å². The molecule has 112 valence electrons. The molecule has 0 N–H and O–H groups in total. The molecule has 1 amide bonds. The summed E-state index contributed by atoms with van der Waals surface area (Å²) in [5.41, 5.74) is 1.47. The molecule has 3 heterocycles. The number of rotatable bonds is 3. The maximum atomic E-state index is 12.5. The second-order valence-corrected chi connectivity index (χ2v) is 5.73. The van der Waals surface area contributed by atoms with Crippen LogP contribution in [-0.2, 0) is 0 Å². The Morgan fingerprint density at radius 1 is 1.48 bits per heavy atom. The average Bonchev–Trinajstić information content (AvgIpc) is 3.09. The minimum absolute atomic E-state index is 0.00639. The Morgan fingerprint density at radius 2 is 2.29 bits per heavy atom. The molecule has 21 heavy (non-hydrogen) atoms. The molecule has 0 radical (unpaired) electrons. The van der Waals surface area contributed by atoms with Gasteiger partial charge in [0.15, 0.2) is 5.69 Å². The minimum Gasteiger partial charge on any atom is -0.341 e. The van der Waals surface area contributed by atoms with Crippen LogP contribution in [0.15, 0.2) is 24.4 Å². The summed E-state index contributed by atoms with van der Waals surface area (Å²) in [5, 5.41) is 0. The van der Waals surface area contributed by atoms with Crippen molar-refractivity contribution in [3.63, 3.8) is 0 Å². The van der Waals surface area contributed by atoms with Gasteiger partial charge < -0.3 is 9.30 Å². The number of fused-ring (bicyclic) bond motifs is 1. The number of pyridine rings is 1. The summed E-state index contributed by atoms with van der Waals surface area (Å²) in [6, 6.07) is 6.23. The molecular formula is C16H22N4O. The lowest BCUT2D eigenvalue weighted by Crippen LogP contribution is -2.26. The number of likely N-dealkylation sites (tertiary alicyclic amines) is 1. The molecule has 1 aliphatic rings. The Balaban J connectivity index is 2.12. The molecule has 1 fully saturated rings. The smallest absolute Gasteiger partial charge is 0.274 e. The van der Waals surface area contributed by atoms with Crippen molar-refractivity contribution in [2.45, 2.75) is 25.8 Å². The lowest BCUT2D eigenvalue weighted by atomic mass is 10.2. The van der Waals surface area contributed by atoms with Crippen LogP contribution >= 0.6 is 0 Å². The maximum absolute atomic E-state index is 12.5. The van der Waals surface area contributed by atoms with Gasteiger partial charge in [-0.25, -0.2) is 4.98 Å². The highest BCUT2D eigenvalue weighted by atomic mass is 16.2. The quantitative estimate of drug-likeness (QED) is 0.868. The van der Waals surface area contributed by atoms with Crippen LogP contribution in [0.5, 0.6) is 0 Å². The van der Waals surface area contributed by atoms with Gasteiger partial charge in [0, 0.05) is 19.8 Å². The van der Waals surface area contributed by atoms with Crippen molar-refractivity contribution in [2.24, 2.45) is 0 Å². The number of nitrogens with zero attached hydrogens (tertiary/aromatic N) is 4. The zero-order chi connectivity index (χ0) is 15.0. The van der Waals surface area contributed by atoms with Gasteiger partial charge in [-0.05, 0) is 45.5 Å². The highest BCUT2D eigenvalue weighted by Crippen LogP contribution is 2.31. The number of carbonyl (C=O) groups excluding carboxylic acids is 1. The summed E-state index contributed by atoms with van der Waals surface area (Å²) in [6.07, 6.45) is 4.29. The second-order valence-electron chi connectivity index (χ2n) is 5.73. The summed E-state index contributed by atoms with van der Waals surface area (Å²) in [4.78, 5) is 21.3. The standard InChI is InChI=1S/C16H22N4O/c1-4-18(2)16(21)14-12-8-5-6-11-20(12)15(17-14)13-9-7-10-19(13)3/h5-6,8,11,13H,4,7,9-10H2,1-3H3/t13-/m0/s1. The van der Waals surface area contributed by atoms with E-state index in [0.717, 1.165) is 24.3 Å². The number of hydrogen-bond acceptors (Lipinski definition) is 3. The topological polar surface area (TPSA) is 40.9 Å². The van der Waals surface area contributed by atoms with Gasteiger partial charge in [-0.15, -0.1) is 0 Å². The van der Waals surface area contributed by atoms with Crippen molar-refractivity contribution >= 4 is 11.4 Å². The van der Waals surface area contributed by atoms with Crippen LogP contribution in [0.3, 0.4) is 0 Å². The SMILES string of the molecule is CCN(C)C(=O)c1nc([C@@H]2CCCN2C)n2ccccc12. The van der Waals surface area contributed by atoms with Gasteiger partial charge in [0.1, 0.15) is 5.82 Å². The third kappa shape index (κ3) is 2.31. The van der Waals surface area contributed by atoms with E-state index in [2.05, 4.69) is 16.3 Å². The Kier molecular flexibility index (Phi) is 3.68. The molecule has 2 aromatic heterocycles. The molecule has 0 saturated carbocycles. The molecule has 2 aromatic rings. The summed E-state index contributed by atoms with van der Waals surface area (Å²) < 4.78 is 2.07. The van der Waals surface area contributed by atoms with Gasteiger partial charge in [0.2, 0.25) is 0 Å². The monoisotopic (exact) mass is 286 g/mol. The van der Waals surface area contributed by atoms with Crippen LogP contribution in [0.25, 0.3) is 5.52 Å². The largest absolute Gasteiger partial charge is 0.341 e. The predicted molar refractivity (Wildman–Crippen MR) is 82.4 cm³/mol. The number of hydrogen-bond donors (Lipinski definition) is 0. The molecule has 0 unspecified atom stereocenters. The van der Waals surface area contributed by atoms with Crippen molar-refractivity contribution in [3.05, 3.63) is 35.9 Å². The Bertz CT molecular complexity index is 663. The van der Waals surface area contributed by atoms with Crippen molar-refractivity contribution < 1.29 is 4.79 Å². The first-order valence-corrected chi connectivity index (χ1v) is 7.56. The average molecular weight is 286 g/mol. The Labute approximate surface area is 125 Å². The van der Waals surface area contributed by atoms with E-state index in [-0.39, 0.29) is 5.91 Å². The third-order valence-electron chi connectivity index (χ3n) is 4.42. The molecule has 0 bridgehead atoms. The fourth-order valence-electron chi connectivity index (χ4n) is 3.01. The van der Waals surface area contributed by atoms with Crippen molar-refractivity contribution in [2.75, 3.05) is 27.2 Å². The zero-order valence-corrected chi connectivity index (χ0v) is 12.9. The first-order chi connectivity index (χ1) is 10.1. The molecule has 1 saturated heterocycles. The summed E-state index contributed by atoms with van der Waals surface area (Å²) in [6.45, 7) is 3.75. The lowest BCUT2D eigenvalue weighted by Gasteiger charge is -2.18. The summed E-state index contributed by atoms with van der Waals surface area (Å²) in [7, 11) is 3.94. The van der Waals surface area contributed by atoms with Crippen molar-refractivity contribution in [3.8, 4) is 0 Å². The number of aromatic nitrogens is 2. The van der Waals surface area contributed by atoms with E-state index >= 15 is 0 Å². The highest BCUT2D eigenvalue weighted by Gasteiger charge is 2.29. The van der Waals surface area contributed by atoms with E-state index in [0.29, 0.717) is 18.3 Å². The molecule has 0 aromatic carbocycles. The van der Waals surface area contributed by atoms with E-state index in [1.54, 1.807) is 4.90 Å². The van der Waals surface area contributed by atoms with Crippen LogP contribution in [-0.4, -0.2) is 52.3 Å². The van der Waals surface area contributed by atoms with E-state index in [9.17, 15) is 4.79 Å². The molecular weight excluding hydrogens is 264 g/mol. The molecule has 0 spiro atoms. The number of carbonyl (C=O) groups is 1. The Hall–Kier alpha value is -1.88. The predicted octanol–water partition coefficient (Wildman–Crippen LogP) is 2.19. The van der Waals surface area contributed by atoms with Gasteiger partial charge in [0.25, 0.3) is 5.91 Å². The third-order valence-corrected chi connectivity index (χ3v) is 4.42. The normalized spacial score (nSPS) is 19.3. The Morgan fingerprint density at radius 3 is 2.95 bits per heavy atom. The van der Waals surface area contributed by atoms with Crippen LogP contribution in [0.1, 0.15) is 42.1 Å². The minimum atomic E-state index is -0.00639. The van der Waals surface area contributed by atoms with Gasteiger partial charge >= 0.3 is 0 Å². The van der Waals surface area contributed by atoms with E-state index in [1.165, 1.54) is 6.42 Å². The number of imidazole rings is 1. The van der Waals surface area contributed by atoms with Crippen molar-refractivity contribution in [1.82, 2.24) is 19.2 Å². The fraction of sp³-hybridized carbons (Fsp3) is 0.500. The molecule has 1 aliphatic heterocycles. The maximum Gasteiger partial charge on any atom is 0.274 e. The van der Waals surface area contributed by atoms with E-state index < -0.39 is 0 Å². The summed E-state index contributed by atoms with van der Waals surface area (Å²) in [5.74, 6) is 0.978. The number of amides is 1.